The lowest BCUT2D eigenvalue weighted by Gasteiger charge is -2.22. The number of hydrogen-bond donors (Lipinski definition) is 2. The first-order valence-electron chi connectivity index (χ1n) is 9.53. The van der Waals surface area contributed by atoms with Crippen molar-refractivity contribution in [1.82, 2.24) is 30.4 Å². The van der Waals surface area contributed by atoms with Gasteiger partial charge in [-0.25, -0.2) is 9.97 Å². The van der Waals surface area contributed by atoms with Crippen LogP contribution >= 0.6 is 0 Å². The van der Waals surface area contributed by atoms with Crippen LogP contribution in [0.2, 0.25) is 0 Å². The predicted molar refractivity (Wildman–Crippen MR) is 105 cm³/mol. The molecule has 1 aliphatic heterocycles. The molecule has 0 spiro atoms. The Bertz CT molecular complexity index is 816. The number of aromatic nitrogens is 4. The quantitative estimate of drug-likeness (QED) is 0.802. The fourth-order valence-electron chi connectivity index (χ4n) is 3.45. The monoisotopic (exact) mass is 371 g/mol. The van der Waals surface area contributed by atoms with Gasteiger partial charge in [0.25, 0.3) is 5.91 Å². The van der Waals surface area contributed by atoms with Crippen LogP contribution in [0, 0.1) is 13.8 Å². The largest absolute Gasteiger partial charge is 0.355 e. The molecule has 0 aliphatic carbocycles. The molecule has 0 aromatic carbocycles. The van der Waals surface area contributed by atoms with Crippen molar-refractivity contribution >= 4 is 11.7 Å². The van der Waals surface area contributed by atoms with E-state index in [9.17, 15) is 4.79 Å². The average molecular weight is 371 g/mol. The number of hydrogen-bond acceptors (Lipinski definition) is 6. The molecule has 1 unspecified atom stereocenters. The Kier molecular flexibility index (Phi) is 5.74. The minimum atomic E-state index is -0.255. The molecule has 2 aromatic rings. The third-order valence-corrected chi connectivity index (χ3v) is 5.24. The highest BCUT2D eigenvalue weighted by molar-refractivity contribution is 5.90. The summed E-state index contributed by atoms with van der Waals surface area (Å²) < 4.78 is 1.95. The first kappa shape index (κ1) is 19.3. The maximum Gasteiger partial charge on any atom is 0.288 e. The van der Waals surface area contributed by atoms with E-state index in [-0.39, 0.29) is 17.8 Å². The highest BCUT2D eigenvalue weighted by atomic mass is 16.2. The zero-order valence-electron chi connectivity index (χ0n) is 16.8. The number of nitrogens with one attached hydrogen (secondary N) is 2. The second-order valence-corrected chi connectivity index (χ2v) is 7.11. The van der Waals surface area contributed by atoms with Gasteiger partial charge >= 0.3 is 0 Å². The standard InChI is InChI=1S/C19H29N7O/c1-6-26-10-15(9-21-26)14(4)22-16-7-8-25(11-16)18-12(2)13(3)23-17(24-18)19(27)20-5/h9-10,14,16,22H,6-8,11H2,1-5H3,(H,20,27)/t14?,16-/m1/s1. The molecule has 2 atom stereocenters. The maximum absolute atomic E-state index is 12.0. The van der Waals surface area contributed by atoms with Crippen LogP contribution in [-0.4, -0.2) is 51.8 Å². The minimum absolute atomic E-state index is 0.229. The summed E-state index contributed by atoms with van der Waals surface area (Å²) in [6.45, 7) is 10.8. The van der Waals surface area contributed by atoms with Crippen LogP contribution in [0.3, 0.4) is 0 Å². The van der Waals surface area contributed by atoms with Crippen molar-refractivity contribution in [2.75, 3.05) is 25.0 Å². The van der Waals surface area contributed by atoms with Gasteiger partial charge in [-0.1, -0.05) is 0 Å². The second-order valence-electron chi connectivity index (χ2n) is 7.11. The molecule has 0 saturated carbocycles. The van der Waals surface area contributed by atoms with E-state index in [1.54, 1.807) is 7.05 Å². The lowest BCUT2D eigenvalue weighted by molar-refractivity contribution is 0.0952. The Morgan fingerprint density at radius 3 is 2.81 bits per heavy atom. The fraction of sp³-hybridized carbons (Fsp3) is 0.579. The smallest absolute Gasteiger partial charge is 0.288 e. The van der Waals surface area contributed by atoms with Crippen molar-refractivity contribution in [3.05, 3.63) is 35.0 Å². The molecule has 2 N–H and O–H groups in total. The first-order chi connectivity index (χ1) is 12.9. The van der Waals surface area contributed by atoms with Crippen LogP contribution < -0.4 is 15.5 Å². The number of rotatable bonds is 6. The van der Waals surface area contributed by atoms with E-state index in [1.165, 1.54) is 5.56 Å². The first-order valence-corrected chi connectivity index (χ1v) is 9.53. The molecule has 1 aliphatic rings. The maximum atomic E-state index is 12.0. The van der Waals surface area contributed by atoms with Gasteiger partial charge in [0.15, 0.2) is 0 Å². The molecule has 1 saturated heterocycles. The number of carbonyl (C=O) groups excluding carboxylic acids is 1. The van der Waals surface area contributed by atoms with Crippen molar-refractivity contribution in [2.24, 2.45) is 0 Å². The highest BCUT2D eigenvalue weighted by Crippen LogP contribution is 2.25. The summed E-state index contributed by atoms with van der Waals surface area (Å²) in [5.74, 6) is 0.832. The summed E-state index contributed by atoms with van der Waals surface area (Å²) in [6.07, 6.45) is 5.06. The van der Waals surface area contributed by atoms with Crippen LogP contribution in [0.25, 0.3) is 0 Å². The van der Waals surface area contributed by atoms with Crippen LogP contribution in [0.4, 0.5) is 5.82 Å². The lowest BCUT2D eigenvalue weighted by Crippen LogP contribution is -2.35. The van der Waals surface area contributed by atoms with Gasteiger partial charge in [0.2, 0.25) is 5.82 Å². The Hall–Kier alpha value is -2.48. The van der Waals surface area contributed by atoms with Gasteiger partial charge in [-0.2, -0.15) is 5.10 Å². The van der Waals surface area contributed by atoms with Gasteiger partial charge in [-0.15, -0.1) is 0 Å². The van der Waals surface area contributed by atoms with Crippen molar-refractivity contribution in [2.45, 2.75) is 52.7 Å². The van der Waals surface area contributed by atoms with E-state index in [4.69, 9.17) is 0 Å². The van der Waals surface area contributed by atoms with E-state index in [0.717, 1.165) is 43.1 Å². The summed E-state index contributed by atoms with van der Waals surface area (Å²) in [5.41, 5.74) is 3.07. The van der Waals surface area contributed by atoms with Gasteiger partial charge < -0.3 is 15.5 Å². The number of amides is 1. The zero-order chi connectivity index (χ0) is 19.6. The lowest BCUT2D eigenvalue weighted by atomic mass is 10.1. The van der Waals surface area contributed by atoms with Gasteiger partial charge in [-0.3, -0.25) is 9.48 Å². The van der Waals surface area contributed by atoms with Crippen LogP contribution in [0.15, 0.2) is 12.4 Å². The number of anilines is 1. The SMILES string of the molecule is CCn1cc(C(C)N[C@@H]2CCN(c3nc(C(=O)NC)nc(C)c3C)C2)cn1. The Balaban J connectivity index is 1.70. The summed E-state index contributed by atoms with van der Waals surface area (Å²) in [6, 6.07) is 0.605. The van der Waals surface area contributed by atoms with E-state index >= 15 is 0 Å². The summed E-state index contributed by atoms with van der Waals surface area (Å²) in [4.78, 5) is 23.1. The molecule has 2 aromatic heterocycles. The van der Waals surface area contributed by atoms with Crippen molar-refractivity contribution in [3.8, 4) is 0 Å². The topological polar surface area (TPSA) is 88.0 Å². The van der Waals surface area contributed by atoms with Gasteiger partial charge in [0.1, 0.15) is 5.82 Å². The molecule has 146 valence electrons. The fourth-order valence-corrected chi connectivity index (χ4v) is 3.45. The van der Waals surface area contributed by atoms with Crippen molar-refractivity contribution in [1.29, 1.82) is 0 Å². The normalized spacial score (nSPS) is 18.0. The molecule has 3 rings (SSSR count). The summed E-state index contributed by atoms with van der Waals surface area (Å²) in [7, 11) is 1.60. The molecule has 0 bridgehead atoms. The van der Waals surface area contributed by atoms with E-state index < -0.39 is 0 Å². The molecule has 8 heteroatoms. The molecule has 1 fully saturated rings. The van der Waals surface area contributed by atoms with E-state index in [1.807, 2.05) is 24.7 Å². The Morgan fingerprint density at radius 2 is 2.15 bits per heavy atom. The number of carbonyl (C=O) groups is 1. The Labute approximate surface area is 160 Å². The summed E-state index contributed by atoms with van der Waals surface area (Å²) in [5, 5.41) is 10.7. The van der Waals surface area contributed by atoms with Crippen LogP contribution in [0.5, 0.6) is 0 Å². The average Bonchev–Trinajstić information content (AvgIpc) is 3.32. The van der Waals surface area contributed by atoms with Gasteiger partial charge in [0.05, 0.1) is 6.20 Å². The zero-order valence-corrected chi connectivity index (χ0v) is 16.8. The second kappa shape index (κ2) is 8.04. The Morgan fingerprint density at radius 1 is 1.37 bits per heavy atom. The van der Waals surface area contributed by atoms with Gasteiger partial charge in [0, 0.05) is 61.8 Å². The van der Waals surface area contributed by atoms with E-state index in [0.29, 0.717) is 6.04 Å². The van der Waals surface area contributed by atoms with E-state index in [2.05, 4.69) is 50.6 Å². The number of nitrogens with zero attached hydrogens (tertiary/aromatic N) is 5. The van der Waals surface area contributed by atoms with Crippen LogP contribution in [0.1, 0.15) is 53.7 Å². The molecular weight excluding hydrogens is 342 g/mol. The molecule has 3 heterocycles. The molecule has 27 heavy (non-hydrogen) atoms. The predicted octanol–water partition coefficient (Wildman–Crippen LogP) is 1.60. The highest BCUT2D eigenvalue weighted by Gasteiger charge is 2.27. The molecule has 8 nitrogen and oxygen atoms in total. The molecule has 1 amide bonds. The minimum Gasteiger partial charge on any atom is -0.355 e. The van der Waals surface area contributed by atoms with Gasteiger partial charge in [-0.05, 0) is 34.1 Å². The third kappa shape index (κ3) is 4.10. The van der Waals surface area contributed by atoms with Crippen molar-refractivity contribution in [3.63, 3.8) is 0 Å². The van der Waals surface area contributed by atoms with Crippen LogP contribution in [-0.2, 0) is 6.54 Å². The molecule has 0 radical (unpaired) electrons. The van der Waals surface area contributed by atoms with Crippen molar-refractivity contribution < 1.29 is 4.79 Å². The summed E-state index contributed by atoms with van der Waals surface area (Å²) >= 11 is 0. The molecular formula is C19H29N7O. The third-order valence-electron chi connectivity index (χ3n) is 5.24. The number of aryl methyl sites for hydroxylation is 2.